The van der Waals surface area contributed by atoms with E-state index in [0.717, 1.165) is 82.6 Å². The molecule has 0 spiro atoms. The van der Waals surface area contributed by atoms with Crippen LogP contribution in [0.4, 0.5) is 0 Å². The third kappa shape index (κ3) is 9.30. The summed E-state index contributed by atoms with van der Waals surface area (Å²) in [6.45, 7) is 33.5. The van der Waals surface area contributed by atoms with Crippen molar-refractivity contribution in [2.45, 2.75) is 131 Å². The normalized spacial score (nSPS) is 13.0. The summed E-state index contributed by atoms with van der Waals surface area (Å²) in [5.41, 5.74) is 6.09. The summed E-state index contributed by atoms with van der Waals surface area (Å²) in [6, 6.07) is 53.2. The molecule has 11 aromatic carbocycles. The van der Waals surface area contributed by atoms with Crippen molar-refractivity contribution in [3.8, 4) is 57.5 Å². The molecule has 0 aromatic heterocycles. The Labute approximate surface area is 443 Å². The van der Waals surface area contributed by atoms with Gasteiger partial charge in [0.15, 0.2) is 0 Å². The van der Waals surface area contributed by atoms with E-state index in [4.69, 9.17) is 23.7 Å². The minimum absolute atomic E-state index is 0.0140. The average Bonchev–Trinajstić information content (AvgIpc) is 3.74. The summed E-state index contributed by atoms with van der Waals surface area (Å²) in [6.07, 6.45) is 0. The SMILES string of the molecule is CC(C)(C)c1ccc(Oc2cc3c(Oc4ccc(C(C)(C)C)cc4)cc4c(Oc5ccc(C(C)(C)C)cc5)cc5c(Oc6ccc(C(C)(C)C)cc6)cc6c(Oc7ccc(C(C)(C)C)cc7)cc2c2c6c5c4c32)cc1. The van der Waals surface area contributed by atoms with Gasteiger partial charge in [-0.25, -0.2) is 0 Å². The van der Waals surface area contributed by atoms with E-state index in [1.54, 1.807) is 0 Å². The Morgan fingerprint density at radius 1 is 0.200 bits per heavy atom. The predicted octanol–water partition coefficient (Wildman–Crippen LogP) is 21.2. The van der Waals surface area contributed by atoms with Crippen molar-refractivity contribution in [2.75, 3.05) is 0 Å². The first-order valence-corrected chi connectivity index (χ1v) is 26.5. The van der Waals surface area contributed by atoms with Gasteiger partial charge in [0.2, 0.25) is 0 Å². The van der Waals surface area contributed by atoms with E-state index < -0.39 is 0 Å². The highest BCUT2D eigenvalue weighted by molar-refractivity contribution is 6.47. The Morgan fingerprint density at radius 2 is 0.333 bits per heavy atom. The van der Waals surface area contributed by atoms with Gasteiger partial charge in [-0.05, 0) is 146 Å². The summed E-state index contributed by atoms with van der Waals surface area (Å²) < 4.78 is 35.6. The molecule has 0 unspecified atom stereocenters. The van der Waals surface area contributed by atoms with Crippen LogP contribution in [0.2, 0.25) is 0 Å². The highest BCUT2D eigenvalue weighted by Crippen LogP contribution is 2.59. The number of hydrogen-bond donors (Lipinski definition) is 0. The number of rotatable bonds is 10. The highest BCUT2D eigenvalue weighted by Gasteiger charge is 2.31. The van der Waals surface area contributed by atoms with Crippen LogP contribution in [0.1, 0.15) is 132 Å². The Hall–Kier alpha value is -7.50. The molecule has 0 radical (unpaired) electrons. The summed E-state index contributed by atoms with van der Waals surface area (Å²) >= 11 is 0. The zero-order valence-electron chi connectivity index (χ0n) is 46.5. The maximum absolute atomic E-state index is 7.12. The fourth-order valence-corrected chi connectivity index (χ4v) is 10.5. The Bertz CT molecular complexity index is 3230. The zero-order valence-corrected chi connectivity index (χ0v) is 46.5. The molecular formula is C70H70O5. The number of benzene rings is 10. The fourth-order valence-electron chi connectivity index (χ4n) is 10.5. The van der Waals surface area contributed by atoms with Gasteiger partial charge in [0.1, 0.15) is 57.5 Å². The van der Waals surface area contributed by atoms with E-state index in [1.165, 1.54) is 27.8 Å². The minimum atomic E-state index is -0.0140. The first kappa shape index (κ1) is 49.7. The van der Waals surface area contributed by atoms with E-state index in [2.05, 4.69) is 256 Å². The smallest absolute Gasteiger partial charge is 0.136 e. The Morgan fingerprint density at radius 3 is 0.453 bits per heavy atom. The van der Waals surface area contributed by atoms with Crippen LogP contribution in [-0.4, -0.2) is 0 Å². The van der Waals surface area contributed by atoms with Crippen LogP contribution in [0, 0.1) is 0 Å². The van der Waals surface area contributed by atoms with Gasteiger partial charge < -0.3 is 23.7 Å². The molecule has 0 saturated heterocycles. The molecule has 75 heavy (non-hydrogen) atoms. The number of hydrogen-bond acceptors (Lipinski definition) is 5. The van der Waals surface area contributed by atoms with Crippen molar-refractivity contribution < 1.29 is 23.7 Å². The van der Waals surface area contributed by atoms with Crippen LogP contribution >= 0.6 is 0 Å². The highest BCUT2D eigenvalue weighted by atomic mass is 16.5. The molecule has 11 rings (SSSR count). The van der Waals surface area contributed by atoms with Gasteiger partial charge in [0.05, 0.1) is 0 Å². The molecule has 0 atom stereocenters. The molecule has 0 aliphatic carbocycles. The predicted molar refractivity (Wildman–Crippen MR) is 314 cm³/mol. The van der Waals surface area contributed by atoms with Crippen molar-refractivity contribution >= 4 is 53.9 Å². The molecule has 380 valence electrons. The van der Waals surface area contributed by atoms with Crippen LogP contribution in [0.3, 0.4) is 0 Å². The molecular weight excluding hydrogens is 921 g/mol. The maximum Gasteiger partial charge on any atom is 0.136 e. The third-order valence-corrected chi connectivity index (χ3v) is 15.0. The summed E-state index contributed by atoms with van der Waals surface area (Å²) in [7, 11) is 0. The monoisotopic (exact) mass is 991 g/mol. The second-order valence-electron chi connectivity index (χ2n) is 25.9. The lowest BCUT2D eigenvalue weighted by atomic mass is 9.87. The van der Waals surface area contributed by atoms with Crippen LogP contribution in [0.25, 0.3) is 53.9 Å². The van der Waals surface area contributed by atoms with Gasteiger partial charge in [-0.1, -0.05) is 165 Å². The molecule has 0 aliphatic rings. The molecule has 0 bridgehead atoms. The Kier molecular flexibility index (Phi) is 11.6. The quantitative estimate of drug-likeness (QED) is 0.128. The van der Waals surface area contributed by atoms with E-state index in [0.29, 0.717) is 28.7 Å². The maximum atomic E-state index is 7.12. The number of ether oxygens (including phenoxy) is 5. The fraction of sp³-hybridized carbons (Fsp3) is 0.286. The molecule has 11 aromatic rings. The van der Waals surface area contributed by atoms with Crippen molar-refractivity contribution in [3.05, 3.63) is 179 Å². The first-order valence-electron chi connectivity index (χ1n) is 26.5. The standard InChI is InChI=1S/C70H70O5/c1-66(2,3)41-16-26-46(27-17-41)71-56-36-52-58(73-48-30-20-43(21-31-48)68(7,8)9)38-54-60(75-50-34-24-45(25-35-50)70(13,14)15)40-55-59(74-49-32-22-44(23-33-49)69(10,11)12)39-53-57(72-47-28-18-42(19-29-47)67(4,5)6)37-51(56)61-62(52)64(54)65(55)63(53)61/h16-40H,1-15H3. The van der Waals surface area contributed by atoms with Crippen LogP contribution < -0.4 is 23.7 Å². The van der Waals surface area contributed by atoms with Crippen LogP contribution in [0.5, 0.6) is 57.5 Å². The molecule has 0 N–H and O–H groups in total. The van der Waals surface area contributed by atoms with E-state index in [-0.39, 0.29) is 27.1 Å². The summed E-state index contributed by atoms with van der Waals surface area (Å²) in [4.78, 5) is 0. The van der Waals surface area contributed by atoms with Crippen molar-refractivity contribution in [1.82, 2.24) is 0 Å². The second-order valence-corrected chi connectivity index (χ2v) is 25.9. The largest absolute Gasteiger partial charge is 0.457 e. The first-order chi connectivity index (χ1) is 35.3. The zero-order chi connectivity index (χ0) is 53.1. The summed E-state index contributed by atoms with van der Waals surface area (Å²) in [5, 5.41) is 9.93. The van der Waals surface area contributed by atoms with Gasteiger partial charge in [0, 0.05) is 53.9 Å². The van der Waals surface area contributed by atoms with Gasteiger partial charge >= 0.3 is 0 Å². The van der Waals surface area contributed by atoms with Crippen LogP contribution in [-0.2, 0) is 27.1 Å². The third-order valence-electron chi connectivity index (χ3n) is 15.0. The van der Waals surface area contributed by atoms with E-state index in [1.807, 2.05) is 0 Å². The van der Waals surface area contributed by atoms with Crippen molar-refractivity contribution in [2.24, 2.45) is 0 Å². The van der Waals surface area contributed by atoms with E-state index in [9.17, 15) is 0 Å². The van der Waals surface area contributed by atoms with Gasteiger partial charge in [-0.3, -0.25) is 0 Å². The van der Waals surface area contributed by atoms with E-state index >= 15 is 0 Å². The molecule has 0 saturated carbocycles. The van der Waals surface area contributed by atoms with Crippen molar-refractivity contribution in [1.29, 1.82) is 0 Å². The van der Waals surface area contributed by atoms with Gasteiger partial charge in [0.25, 0.3) is 0 Å². The second kappa shape index (κ2) is 17.6. The van der Waals surface area contributed by atoms with Crippen molar-refractivity contribution in [3.63, 3.8) is 0 Å². The molecule has 5 heteroatoms. The Balaban J connectivity index is 1.22. The minimum Gasteiger partial charge on any atom is -0.457 e. The topological polar surface area (TPSA) is 46.2 Å². The lowest BCUT2D eigenvalue weighted by Crippen LogP contribution is -2.10. The van der Waals surface area contributed by atoms with Gasteiger partial charge in [-0.2, -0.15) is 0 Å². The molecule has 5 nitrogen and oxygen atoms in total. The average molecular weight is 991 g/mol. The summed E-state index contributed by atoms with van der Waals surface area (Å²) in [5.74, 6) is 7.15. The molecule has 0 amide bonds. The molecule has 0 heterocycles. The van der Waals surface area contributed by atoms with Gasteiger partial charge in [-0.15, -0.1) is 0 Å². The molecule has 0 aliphatic heterocycles. The van der Waals surface area contributed by atoms with Crippen LogP contribution in [0.15, 0.2) is 152 Å². The lowest BCUT2D eigenvalue weighted by molar-refractivity contribution is 0.479. The molecule has 0 fully saturated rings. The lowest BCUT2D eigenvalue weighted by Gasteiger charge is -2.21.